The predicted molar refractivity (Wildman–Crippen MR) is 123 cm³/mol. The van der Waals surface area contributed by atoms with E-state index in [-0.39, 0.29) is 23.4 Å². The van der Waals surface area contributed by atoms with Gasteiger partial charge in [-0.05, 0) is 49.9 Å². The molecule has 1 N–H and O–H groups in total. The number of benzene rings is 2. The molecule has 4 rings (SSSR count). The first kappa shape index (κ1) is 21.7. The summed E-state index contributed by atoms with van der Waals surface area (Å²) in [5.41, 5.74) is 2.29. The van der Waals surface area contributed by atoms with Gasteiger partial charge in [0.15, 0.2) is 0 Å². The van der Waals surface area contributed by atoms with Crippen LogP contribution in [-0.2, 0) is 11.3 Å². The highest BCUT2D eigenvalue weighted by molar-refractivity contribution is 5.94. The zero-order valence-electron chi connectivity index (χ0n) is 18.3. The number of nitrogens with one attached hydrogen (secondary N) is 1. The number of nitrogens with zero attached hydrogens (tertiary/aromatic N) is 3. The van der Waals surface area contributed by atoms with Crippen LogP contribution in [0.2, 0.25) is 0 Å². The Balaban J connectivity index is 1.24. The van der Waals surface area contributed by atoms with Crippen molar-refractivity contribution in [2.24, 2.45) is 0 Å². The highest BCUT2D eigenvalue weighted by Crippen LogP contribution is 2.14. The zero-order valence-corrected chi connectivity index (χ0v) is 18.3. The van der Waals surface area contributed by atoms with E-state index in [1.807, 2.05) is 42.2 Å². The zero-order chi connectivity index (χ0) is 22.5. The lowest BCUT2D eigenvalue weighted by Crippen LogP contribution is -2.46. The molecule has 1 aliphatic heterocycles. The van der Waals surface area contributed by atoms with Gasteiger partial charge in [0, 0.05) is 37.7 Å². The van der Waals surface area contributed by atoms with Crippen LogP contribution in [0.15, 0.2) is 59.7 Å². The molecule has 2 heterocycles. The van der Waals surface area contributed by atoms with Crippen LogP contribution in [0.4, 0.5) is 0 Å². The Morgan fingerprint density at radius 3 is 2.56 bits per heavy atom. The third kappa shape index (κ3) is 4.88. The molecule has 2 aromatic carbocycles. The van der Waals surface area contributed by atoms with E-state index in [2.05, 4.69) is 10.3 Å². The Kier molecular flexibility index (Phi) is 6.63. The summed E-state index contributed by atoms with van der Waals surface area (Å²) in [6.07, 6.45) is 4.04. The van der Waals surface area contributed by atoms with Crippen LogP contribution < -0.4 is 10.9 Å². The number of carbonyl (C=O) groups is 2. The van der Waals surface area contributed by atoms with Crippen molar-refractivity contribution in [1.29, 1.82) is 0 Å². The van der Waals surface area contributed by atoms with Crippen molar-refractivity contribution in [2.45, 2.75) is 45.2 Å². The second-order valence-corrected chi connectivity index (χ2v) is 8.31. The van der Waals surface area contributed by atoms with Crippen molar-refractivity contribution < 1.29 is 9.59 Å². The van der Waals surface area contributed by atoms with Gasteiger partial charge in [0.05, 0.1) is 17.2 Å². The van der Waals surface area contributed by atoms with Crippen LogP contribution in [0.1, 0.15) is 41.6 Å². The van der Waals surface area contributed by atoms with Crippen LogP contribution in [0.5, 0.6) is 0 Å². The summed E-state index contributed by atoms with van der Waals surface area (Å²) >= 11 is 0. The molecule has 0 atom stereocenters. The highest BCUT2D eigenvalue weighted by atomic mass is 16.2. The summed E-state index contributed by atoms with van der Waals surface area (Å²) in [4.78, 5) is 43.9. The molecule has 0 spiro atoms. The molecular weight excluding hydrogens is 404 g/mol. The lowest BCUT2D eigenvalue weighted by Gasteiger charge is -2.32. The summed E-state index contributed by atoms with van der Waals surface area (Å²) in [6, 6.07) is 14.8. The lowest BCUT2D eigenvalue weighted by molar-refractivity contribution is -0.132. The van der Waals surface area contributed by atoms with Gasteiger partial charge in [-0.3, -0.25) is 19.0 Å². The van der Waals surface area contributed by atoms with Crippen molar-refractivity contribution in [3.8, 4) is 0 Å². The van der Waals surface area contributed by atoms with Crippen molar-refractivity contribution in [2.75, 3.05) is 13.1 Å². The summed E-state index contributed by atoms with van der Waals surface area (Å²) < 4.78 is 1.58. The van der Waals surface area contributed by atoms with E-state index in [9.17, 15) is 14.4 Å². The number of aromatic nitrogens is 2. The first-order valence-corrected chi connectivity index (χ1v) is 11.1. The van der Waals surface area contributed by atoms with E-state index in [1.165, 1.54) is 0 Å². The maximum absolute atomic E-state index is 12.7. The fourth-order valence-electron chi connectivity index (χ4n) is 4.19. The number of rotatable bonds is 6. The number of hydrogen-bond donors (Lipinski definition) is 1. The summed E-state index contributed by atoms with van der Waals surface area (Å²) in [6.45, 7) is 3.67. The van der Waals surface area contributed by atoms with Gasteiger partial charge >= 0.3 is 0 Å². The molecule has 1 saturated heterocycles. The molecule has 166 valence electrons. The Morgan fingerprint density at radius 1 is 1.06 bits per heavy atom. The van der Waals surface area contributed by atoms with Gasteiger partial charge in [-0.2, -0.15) is 0 Å². The molecule has 0 saturated carbocycles. The summed E-state index contributed by atoms with van der Waals surface area (Å²) in [7, 11) is 0. The smallest absolute Gasteiger partial charge is 0.261 e. The lowest BCUT2D eigenvalue weighted by atomic mass is 10.0. The van der Waals surface area contributed by atoms with Crippen molar-refractivity contribution in [3.05, 3.63) is 76.3 Å². The second kappa shape index (κ2) is 9.77. The molecule has 3 aromatic rings. The number of carbonyl (C=O) groups excluding carboxylic acids is 2. The first-order chi connectivity index (χ1) is 15.5. The van der Waals surface area contributed by atoms with E-state index < -0.39 is 0 Å². The Labute approximate surface area is 187 Å². The molecule has 0 unspecified atom stereocenters. The Morgan fingerprint density at radius 2 is 1.81 bits per heavy atom. The molecule has 1 fully saturated rings. The fraction of sp³-hybridized carbons (Fsp3) is 0.360. The molecule has 7 heteroatoms. The van der Waals surface area contributed by atoms with E-state index in [0.717, 1.165) is 23.9 Å². The minimum absolute atomic E-state index is 0.0684. The van der Waals surface area contributed by atoms with Crippen LogP contribution in [-0.4, -0.2) is 45.4 Å². The van der Waals surface area contributed by atoms with Gasteiger partial charge in [0.25, 0.3) is 11.5 Å². The molecule has 0 aliphatic carbocycles. The molecule has 1 aromatic heterocycles. The van der Waals surface area contributed by atoms with Crippen LogP contribution in [0.3, 0.4) is 0 Å². The van der Waals surface area contributed by atoms with Crippen molar-refractivity contribution in [3.63, 3.8) is 0 Å². The molecule has 32 heavy (non-hydrogen) atoms. The van der Waals surface area contributed by atoms with E-state index >= 15 is 0 Å². The maximum atomic E-state index is 12.7. The number of amides is 2. The van der Waals surface area contributed by atoms with Gasteiger partial charge < -0.3 is 10.2 Å². The Hall–Kier alpha value is -3.48. The SMILES string of the molecule is Cc1cccc2c(=O)n(CCCC(=O)N3CCC(NC(=O)c4ccccc4)CC3)cnc12. The number of aryl methyl sites for hydroxylation is 2. The van der Waals surface area contributed by atoms with Gasteiger partial charge in [0.1, 0.15) is 0 Å². The van der Waals surface area contributed by atoms with Crippen molar-refractivity contribution >= 4 is 22.7 Å². The normalized spacial score (nSPS) is 14.5. The van der Waals surface area contributed by atoms with Gasteiger partial charge in [-0.1, -0.05) is 30.3 Å². The maximum Gasteiger partial charge on any atom is 0.261 e. The quantitative estimate of drug-likeness (QED) is 0.649. The largest absolute Gasteiger partial charge is 0.349 e. The number of likely N-dealkylation sites (tertiary alicyclic amines) is 1. The number of hydrogen-bond acceptors (Lipinski definition) is 4. The van der Waals surface area contributed by atoms with Crippen LogP contribution >= 0.6 is 0 Å². The molecular formula is C25H28N4O3. The topological polar surface area (TPSA) is 84.3 Å². The molecule has 2 amide bonds. The van der Waals surface area contributed by atoms with Crippen molar-refractivity contribution in [1.82, 2.24) is 19.8 Å². The van der Waals surface area contributed by atoms with Gasteiger partial charge in [-0.25, -0.2) is 4.98 Å². The minimum atomic E-state index is -0.0694. The number of para-hydroxylation sites is 1. The number of piperidine rings is 1. The molecule has 0 radical (unpaired) electrons. The predicted octanol–water partition coefficient (Wildman–Crippen LogP) is 2.91. The van der Waals surface area contributed by atoms with E-state index in [1.54, 1.807) is 29.1 Å². The molecule has 0 bridgehead atoms. The average molecular weight is 433 g/mol. The molecule has 7 nitrogen and oxygen atoms in total. The third-order valence-corrected chi connectivity index (χ3v) is 6.06. The number of fused-ring (bicyclic) bond motifs is 1. The standard InChI is InChI=1S/C25H28N4O3/c1-18-7-5-10-21-23(18)26-17-29(25(21)32)14-6-11-22(30)28-15-12-20(13-16-28)27-24(31)19-8-3-2-4-9-19/h2-5,7-10,17,20H,6,11-16H2,1H3,(H,27,31). The third-order valence-electron chi connectivity index (χ3n) is 6.06. The summed E-state index contributed by atoms with van der Waals surface area (Å²) in [5.74, 6) is 0.0236. The first-order valence-electron chi connectivity index (χ1n) is 11.1. The van der Waals surface area contributed by atoms with E-state index in [4.69, 9.17) is 0 Å². The Bertz CT molecular complexity index is 1160. The average Bonchev–Trinajstić information content (AvgIpc) is 2.82. The van der Waals surface area contributed by atoms with Gasteiger partial charge in [0.2, 0.25) is 5.91 Å². The fourth-order valence-corrected chi connectivity index (χ4v) is 4.19. The summed E-state index contributed by atoms with van der Waals surface area (Å²) in [5, 5.41) is 3.67. The van der Waals surface area contributed by atoms with Crippen LogP contribution in [0.25, 0.3) is 10.9 Å². The highest BCUT2D eigenvalue weighted by Gasteiger charge is 2.23. The van der Waals surface area contributed by atoms with Crippen LogP contribution in [0, 0.1) is 6.92 Å². The van der Waals surface area contributed by atoms with Gasteiger partial charge in [-0.15, -0.1) is 0 Å². The minimum Gasteiger partial charge on any atom is -0.349 e. The monoisotopic (exact) mass is 432 g/mol. The second-order valence-electron chi connectivity index (χ2n) is 8.31. The van der Waals surface area contributed by atoms with E-state index in [0.29, 0.717) is 43.4 Å². The molecule has 1 aliphatic rings.